The van der Waals surface area contributed by atoms with Gasteiger partial charge in [0.25, 0.3) is 15.9 Å². The van der Waals surface area contributed by atoms with E-state index in [1.54, 1.807) is 30.1 Å². The van der Waals surface area contributed by atoms with E-state index in [1.165, 1.54) is 16.8 Å². The zero-order chi connectivity index (χ0) is 18.0. The first kappa shape index (κ1) is 16.8. The van der Waals surface area contributed by atoms with Gasteiger partial charge < -0.3 is 10.3 Å². The third-order valence-electron chi connectivity index (χ3n) is 3.65. The number of aromatic nitrogens is 3. The molecule has 1 amide bonds. The van der Waals surface area contributed by atoms with Crippen LogP contribution in [-0.2, 0) is 23.6 Å². The van der Waals surface area contributed by atoms with Gasteiger partial charge in [-0.2, -0.15) is 5.10 Å². The van der Waals surface area contributed by atoms with Crippen LogP contribution in [0.1, 0.15) is 16.1 Å². The van der Waals surface area contributed by atoms with Gasteiger partial charge in [-0.1, -0.05) is 12.1 Å². The summed E-state index contributed by atoms with van der Waals surface area (Å²) in [6.45, 7) is 0.598. The van der Waals surface area contributed by atoms with Crippen LogP contribution < -0.4 is 10.5 Å². The van der Waals surface area contributed by atoms with Gasteiger partial charge in [0, 0.05) is 31.3 Å². The Bertz CT molecular complexity index is 989. The van der Waals surface area contributed by atoms with Crippen LogP contribution in [0.2, 0.25) is 0 Å². The molecule has 2 aromatic heterocycles. The van der Waals surface area contributed by atoms with E-state index in [0.29, 0.717) is 12.2 Å². The van der Waals surface area contributed by atoms with Gasteiger partial charge in [0.15, 0.2) is 0 Å². The van der Waals surface area contributed by atoms with E-state index in [-0.39, 0.29) is 10.6 Å². The summed E-state index contributed by atoms with van der Waals surface area (Å²) in [5.41, 5.74) is 6.75. The highest BCUT2D eigenvalue weighted by atomic mass is 32.2. The first-order valence-electron chi connectivity index (χ1n) is 7.40. The smallest absolute Gasteiger partial charge is 0.265 e. The van der Waals surface area contributed by atoms with Crippen molar-refractivity contribution in [1.82, 2.24) is 14.3 Å². The quantitative estimate of drug-likeness (QED) is 0.688. The maximum atomic E-state index is 12.4. The molecule has 0 atom stereocenters. The molecular formula is C16H17N5O3S. The summed E-state index contributed by atoms with van der Waals surface area (Å²) in [7, 11) is -2.25. The average Bonchev–Trinajstić information content (AvgIpc) is 3.18. The van der Waals surface area contributed by atoms with Gasteiger partial charge in [-0.15, -0.1) is 0 Å². The van der Waals surface area contributed by atoms with Crippen LogP contribution in [0.4, 0.5) is 5.69 Å². The zero-order valence-corrected chi connectivity index (χ0v) is 14.3. The Morgan fingerprint density at radius 2 is 2.00 bits per heavy atom. The number of aryl methyl sites for hydroxylation is 1. The highest BCUT2D eigenvalue weighted by Crippen LogP contribution is 2.19. The Labute approximate surface area is 144 Å². The molecule has 0 aliphatic heterocycles. The Morgan fingerprint density at radius 1 is 1.28 bits per heavy atom. The number of nitrogens with two attached hydrogens (primary N) is 1. The molecule has 0 aliphatic carbocycles. The number of anilines is 1. The van der Waals surface area contributed by atoms with E-state index in [0.717, 1.165) is 5.56 Å². The summed E-state index contributed by atoms with van der Waals surface area (Å²) >= 11 is 0. The number of hydrogen-bond donors (Lipinski definition) is 2. The van der Waals surface area contributed by atoms with Crippen LogP contribution in [0, 0.1) is 0 Å². The fourth-order valence-corrected chi connectivity index (χ4v) is 3.53. The molecule has 3 rings (SSSR count). The number of rotatable bonds is 6. The number of carbonyl (C=O) groups is 1. The van der Waals surface area contributed by atoms with E-state index in [4.69, 9.17) is 5.73 Å². The molecular weight excluding hydrogens is 342 g/mol. The molecule has 3 N–H and O–H groups in total. The van der Waals surface area contributed by atoms with Crippen molar-refractivity contribution in [3.05, 3.63) is 66.2 Å². The number of sulfonamides is 1. The van der Waals surface area contributed by atoms with Gasteiger partial charge in [-0.3, -0.25) is 14.2 Å². The predicted octanol–water partition coefficient (Wildman–Crippen LogP) is 1.17. The molecule has 25 heavy (non-hydrogen) atoms. The SMILES string of the molecule is Cn1cc(S(=O)(=O)Nc2ccc(Cn3cccn3)cc2)cc1C(N)=O. The third-order valence-corrected chi connectivity index (χ3v) is 5.00. The van der Waals surface area contributed by atoms with Gasteiger partial charge in [0.2, 0.25) is 0 Å². The molecule has 0 saturated heterocycles. The maximum absolute atomic E-state index is 12.4. The normalized spacial score (nSPS) is 11.4. The third kappa shape index (κ3) is 3.72. The first-order chi connectivity index (χ1) is 11.8. The lowest BCUT2D eigenvalue weighted by atomic mass is 10.2. The minimum Gasteiger partial charge on any atom is -0.364 e. The number of nitrogens with zero attached hydrogens (tertiary/aromatic N) is 3. The lowest BCUT2D eigenvalue weighted by Gasteiger charge is -2.08. The summed E-state index contributed by atoms with van der Waals surface area (Å²) in [4.78, 5) is 11.2. The second kappa shape index (κ2) is 6.44. The van der Waals surface area contributed by atoms with Crippen LogP contribution in [0.15, 0.2) is 59.9 Å². The molecule has 2 heterocycles. The second-order valence-electron chi connectivity index (χ2n) is 5.54. The lowest BCUT2D eigenvalue weighted by Crippen LogP contribution is -2.14. The van der Waals surface area contributed by atoms with E-state index < -0.39 is 15.9 Å². The van der Waals surface area contributed by atoms with Gasteiger partial charge >= 0.3 is 0 Å². The number of nitrogens with one attached hydrogen (secondary N) is 1. The number of primary amides is 1. The highest BCUT2D eigenvalue weighted by Gasteiger charge is 2.19. The highest BCUT2D eigenvalue weighted by molar-refractivity contribution is 7.92. The van der Waals surface area contributed by atoms with Crippen molar-refractivity contribution in [3.63, 3.8) is 0 Å². The van der Waals surface area contributed by atoms with E-state index in [2.05, 4.69) is 9.82 Å². The summed E-state index contributed by atoms with van der Waals surface area (Å²) in [6, 6.07) is 10.1. The number of carbonyl (C=O) groups excluding carboxylic acids is 1. The minimum absolute atomic E-state index is 0.0237. The molecule has 3 aromatic rings. The molecule has 0 radical (unpaired) electrons. The van der Waals surface area contributed by atoms with Crippen LogP contribution >= 0.6 is 0 Å². The number of amides is 1. The molecule has 130 valence electrons. The summed E-state index contributed by atoms with van der Waals surface area (Å²) in [5.74, 6) is -0.688. The number of benzene rings is 1. The minimum atomic E-state index is -3.81. The molecule has 0 bridgehead atoms. The fraction of sp³-hybridized carbons (Fsp3) is 0.125. The Kier molecular flexibility index (Phi) is 4.32. The summed E-state index contributed by atoms with van der Waals surface area (Å²) in [5, 5.41) is 4.12. The monoisotopic (exact) mass is 359 g/mol. The second-order valence-corrected chi connectivity index (χ2v) is 7.22. The Balaban J connectivity index is 1.76. The van der Waals surface area contributed by atoms with Crippen molar-refractivity contribution >= 4 is 21.6 Å². The summed E-state index contributed by atoms with van der Waals surface area (Å²) in [6.07, 6.45) is 4.89. The topological polar surface area (TPSA) is 112 Å². The molecule has 0 saturated carbocycles. The molecule has 8 nitrogen and oxygen atoms in total. The van der Waals surface area contributed by atoms with E-state index >= 15 is 0 Å². The van der Waals surface area contributed by atoms with Crippen molar-refractivity contribution in [2.75, 3.05) is 4.72 Å². The molecule has 0 aliphatic rings. The summed E-state index contributed by atoms with van der Waals surface area (Å²) < 4.78 is 30.5. The van der Waals surface area contributed by atoms with Crippen molar-refractivity contribution in [2.45, 2.75) is 11.4 Å². The Morgan fingerprint density at radius 3 is 2.56 bits per heavy atom. The molecule has 1 aromatic carbocycles. The largest absolute Gasteiger partial charge is 0.364 e. The van der Waals surface area contributed by atoms with Gasteiger partial charge in [0.05, 0.1) is 6.54 Å². The van der Waals surface area contributed by atoms with Crippen LogP contribution in [-0.4, -0.2) is 28.7 Å². The predicted molar refractivity (Wildman–Crippen MR) is 92.5 cm³/mol. The molecule has 9 heteroatoms. The van der Waals surface area contributed by atoms with Crippen molar-refractivity contribution < 1.29 is 13.2 Å². The molecule has 0 fully saturated rings. The van der Waals surface area contributed by atoms with Gasteiger partial charge in [-0.25, -0.2) is 8.42 Å². The zero-order valence-electron chi connectivity index (χ0n) is 13.5. The van der Waals surface area contributed by atoms with Crippen LogP contribution in [0.3, 0.4) is 0 Å². The van der Waals surface area contributed by atoms with Gasteiger partial charge in [-0.05, 0) is 29.8 Å². The van der Waals surface area contributed by atoms with E-state index in [9.17, 15) is 13.2 Å². The molecule has 0 unspecified atom stereocenters. The van der Waals surface area contributed by atoms with Crippen LogP contribution in [0.25, 0.3) is 0 Å². The molecule has 0 spiro atoms. The standard InChI is InChI=1S/C16H17N5O3S/c1-20-11-14(9-15(20)16(17)22)25(23,24)19-13-5-3-12(4-6-13)10-21-8-2-7-18-21/h2-9,11,19H,10H2,1H3,(H2,17,22). The van der Waals surface area contributed by atoms with Crippen LogP contribution in [0.5, 0.6) is 0 Å². The average molecular weight is 359 g/mol. The van der Waals surface area contributed by atoms with Crippen molar-refractivity contribution in [2.24, 2.45) is 12.8 Å². The first-order valence-corrected chi connectivity index (χ1v) is 8.89. The van der Waals surface area contributed by atoms with Crippen molar-refractivity contribution in [1.29, 1.82) is 0 Å². The van der Waals surface area contributed by atoms with E-state index in [1.807, 2.05) is 24.4 Å². The maximum Gasteiger partial charge on any atom is 0.265 e. The fourth-order valence-electron chi connectivity index (χ4n) is 2.40. The van der Waals surface area contributed by atoms with Gasteiger partial charge in [0.1, 0.15) is 10.6 Å². The van der Waals surface area contributed by atoms with Crippen molar-refractivity contribution in [3.8, 4) is 0 Å². The number of hydrogen-bond acceptors (Lipinski definition) is 4. The Hall–Kier alpha value is -3.07. The lowest BCUT2D eigenvalue weighted by molar-refractivity contribution is 0.0992.